The van der Waals surface area contributed by atoms with Gasteiger partial charge in [-0.05, 0) is 35.4 Å². The molecule has 1 heterocycles. The lowest BCUT2D eigenvalue weighted by Gasteiger charge is -2.01. The minimum Gasteiger partial charge on any atom is -0.245 e. The molecule has 0 unspecified atom stereocenters. The fourth-order valence-electron chi connectivity index (χ4n) is 2.33. The molecule has 1 nitrogen and oxygen atoms in total. The number of nitrogens with zero attached hydrogens (tertiary/aromatic N) is 1. The summed E-state index contributed by atoms with van der Waals surface area (Å²) in [5.41, 5.74) is 3.69. The average Bonchev–Trinajstić information content (AvgIpc) is 3.03. The number of hydrogen-bond donors (Lipinski definition) is 0. The molecule has 0 bridgehead atoms. The van der Waals surface area contributed by atoms with Crippen molar-refractivity contribution in [2.75, 3.05) is 5.75 Å². The van der Waals surface area contributed by atoms with Crippen molar-refractivity contribution in [2.24, 2.45) is 0 Å². The molecule has 0 aliphatic rings. The molecule has 0 aliphatic heterocycles. The first-order valence-corrected chi connectivity index (χ1v) is 10.5. The summed E-state index contributed by atoms with van der Waals surface area (Å²) in [5.74, 6) is 2.08. The van der Waals surface area contributed by atoms with Crippen molar-refractivity contribution in [1.29, 1.82) is 0 Å². The molecule has 0 amide bonds. The summed E-state index contributed by atoms with van der Waals surface area (Å²) in [6.45, 7) is 0. The monoisotopic (exact) mass is 393 g/mol. The lowest BCUT2D eigenvalue weighted by Crippen LogP contribution is -1.91. The van der Waals surface area contributed by atoms with Crippen LogP contribution in [0.15, 0.2) is 53.9 Å². The molecule has 3 aromatic rings. The zero-order chi connectivity index (χ0) is 16.8. The highest BCUT2D eigenvalue weighted by Crippen LogP contribution is 2.25. The number of hydrogen-bond acceptors (Lipinski definition) is 3. The van der Waals surface area contributed by atoms with Gasteiger partial charge < -0.3 is 0 Å². The summed E-state index contributed by atoms with van der Waals surface area (Å²) in [7, 11) is 0. The van der Waals surface area contributed by atoms with E-state index in [-0.39, 0.29) is 0 Å². The third-order valence-electron chi connectivity index (χ3n) is 3.57. The van der Waals surface area contributed by atoms with Crippen molar-refractivity contribution in [3.05, 3.63) is 85.8 Å². The maximum Gasteiger partial charge on any atom is 0.0972 e. The lowest BCUT2D eigenvalue weighted by atomic mass is 10.2. The fraction of sp³-hybridized carbons (Fsp3) is 0.211. The minimum absolute atomic E-state index is 0.593. The topological polar surface area (TPSA) is 12.9 Å². The second-order valence-electron chi connectivity index (χ2n) is 5.45. The van der Waals surface area contributed by atoms with Gasteiger partial charge in [0.1, 0.15) is 0 Å². The Bertz CT molecular complexity index is 787. The van der Waals surface area contributed by atoms with Gasteiger partial charge >= 0.3 is 0 Å². The summed E-state index contributed by atoms with van der Waals surface area (Å²) in [6, 6.07) is 16.4. The Morgan fingerprint density at radius 1 is 0.958 bits per heavy atom. The molecule has 124 valence electrons. The van der Waals surface area contributed by atoms with E-state index in [0.717, 1.165) is 40.6 Å². The van der Waals surface area contributed by atoms with Crippen molar-refractivity contribution in [3.63, 3.8) is 0 Å². The van der Waals surface area contributed by atoms with Crippen molar-refractivity contribution in [1.82, 2.24) is 4.98 Å². The van der Waals surface area contributed by atoms with Crippen LogP contribution in [0, 0.1) is 0 Å². The van der Waals surface area contributed by atoms with Crippen LogP contribution >= 0.6 is 46.3 Å². The maximum atomic E-state index is 6.07. The third kappa shape index (κ3) is 5.25. The van der Waals surface area contributed by atoms with Crippen molar-refractivity contribution in [3.8, 4) is 0 Å². The molecule has 1 aromatic heterocycles. The average molecular weight is 394 g/mol. The Labute approximate surface area is 161 Å². The van der Waals surface area contributed by atoms with E-state index >= 15 is 0 Å². The standard InChI is InChI=1S/C19H17Cl2NS2/c20-17-7-6-15(10-18(17)21)11-19-22-16(13-24-19)12-23-9-8-14-4-2-1-3-5-14/h1-7,10,13H,8-9,11-12H2. The first-order valence-electron chi connectivity index (χ1n) is 7.69. The molecule has 0 saturated carbocycles. The summed E-state index contributed by atoms with van der Waals surface area (Å²) in [4.78, 5) is 4.72. The zero-order valence-electron chi connectivity index (χ0n) is 13.0. The van der Waals surface area contributed by atoms with Gasteiger partial charge in [0, 0.05) is 17.6 Å². The summed E-state index contributed by atoms with van der Waals surface area (Å²) >= 11 is 15.7. The molecule has 0 saturated heterocycles. The SMILES string of the molecule is Clc1ccc(Cc2nc(CSCCc3ccccc3)cs2)cc1Cl. The van der Waals surface area contributed by atoms with Crippen LogP contribution in [0.1, 0.15) is 21.8 Å². The molecular formula is C19H17Cl2NS2. The van der Waals surface area contributed by atoms with Crippen LogP contribution in [0.2, 0.25) is 10.0 Å². The zero-order valence-corrected chi connectivity index (χ0v) is 16.2. The van der Waals surface area contributed by atoms with Crippen LogP contribution < -0.4 is 0 Å². The van der Waals surface area contributed by atoms with Crippen LogP contribution in [0.25, 0.3) is 0 Å². The van der Waals surface area contributed by atoms with E-state index in [4.69, 9.17) is 28.2 Å². The second-order valence-corrected chi connectivity index (χ2v) is 8.31. The predicted molar refractivity (Wildman–Crippen MR) is 108 cm³/mol. The van der Waals surface area contributed by atoms with Gasteiger partial charge in [-0.3, -0.25) is 0 Å². The third-order valence-corrected chi connectivity index (χ3v) is 6.20. The Morgan fingerprint density at radius 2 is 1.79 bits per heavy atom. The lowest BCUT2D eigenvalue weighted by molar-refractivity contribution is 1.09. The summed E-state index contributed by atoms with van der Waals surface area (Å²) in [6.07, 6.45) is 1.90. The summed E-state index contributed by atoms with van der Waals surface area (Å²) in [5, 5.41) is 4.46. The molecule has 5 heteroatoms. The Morgan fingerprint density at radius 3 is 2.58 bits per heavy atom. The molecule has 0 atom stereocenters. The number of aromatic nitrogens is 1. The molecule has 0 N–H and O–H groups in total. The molecule has 3 rings (SSSR count). The molecule has 2 aromatic carbocycles. The highest BCUT2D eigenvalue weighted by atomic mass is 35.5. The highest BCUT2D eigenvalue weighted by molar-refractivity contribution is 7.98. The van der Waals surface area contributed by atoms with Crippen LogP contribution in [-0.2, 0) is 18.6 Å². The Kier molecular flexibility index (Phi) is 6.61. The molecule has 0 fully saturated rings. The maximum absolute atomic E-state index is 6.07. The van der Waals surface area contributed by atoms with Crippen LogP contribution in [0.3, 0.4) is 0 Å². The van der Waals surface area contributed by atoms with E-state index in [1.807, 2.05) is 30.0 Å². The molecule has 0 radical (unpaired) electrons. The van der Waals surface area contributed by atoms with E-state index in [1.165, 1.54) is 5.56 Å². The fourth-order valence-corrected chi connectivity index (χ4v) is 4.47. The number of benzene rings is 2. The van der Waals surface area contributed by atoms with Gasteiger partial charge in [0.05, 0.1) is 20.7 Å². The van der Waals surface area contributed by atoms with E-state index in [9.17, 15) is 0 Å². The highest BCUT2D eigenvalue weighted by Gasteiger charge is 2.06. The van der Waals surface area contributed by atoms with Crippen molar-refractivity contribution >= 4 is 46.3 Å². The minimum atomic E-state index is 0.593. The number of aryl methyl sites for hydroxylation is 1. The number of thioether (sulfide) groups is 1. The molecule has 0 spiro atoms. The first-order chi connectivity index (χ1) is 11.7. The van der Waals surface area contributed by atoms with Crippen molar-refractivity contribution < 1.29 is 0 Å². The van der Waals surface area contributed by atoms with Gasteiger partial charge in [-0.15, -0.1) is 11.3 Å². The summed E-state index contributed by atoms with van der Waals surface area (Å²) < 4.78 is 0. The Balaban J connectivity index is 1.47. The Hall–Kier alpha value is -1.00. The van der Waals surface area contributed by atoms with Gasteiger partial charge in [0.15, 0.2) is 0 Å². The van der Waals surface area contributed by atoms with Gasteiger partial charge in [-0.25, -0.2) is 4.98 Å². The largest absolute Gasteiger partial charge is 0.245 e. The smallest absolute Gasteiger partial charge is 0.0972 e. The normalized spacial score (nSPS) is 10.9. The predicted octanol–water partition coefficient (Wildman–Crippen LogP) is 6.52. The second kappa shape index (κ2) is 8.91. The van der Waals surface area contributed by atoms with Crippen LogP contribution in [-0.4, -0.2) is 10.7 Å². The van der Waals surface area contributed by atoms with Gasteiger partial charge in [0.25, 0.3) is 0 Å². The number of thiazole rings is 1. The van der Waals surface area contributed by atoms with Crippen LogP contribution in [0.4, 0.5) is 0 Å². The molecule has 0 aliphatic carbocycles. The van der Waals surface area contributed by atoms with Crippen molar-refractivity contribution in [2.45, 2.75) is 18.6 Å². The number of halogens is 2. The quantitative estimate of drug-likeness (QED) is 0.423. The van der Waals surface area contributed by atoms with Gasteiger partial charge in [0.2, 0.25) is 0 Å². The number of rotatable bonds is 7. The van der Waals surface area contributed by atoms with Crippen LogP contribution in [0.5, 0.6) is 0 Å². The van der Waals surface area contributed by atoms with E-state index < -0.39 is 0 Å². The van der Waals surface area contributed by atoms with Gasteiger partial charge in [-0.2, -0.15) is 11.8 Å². The molecular weight excluding hydrogens is 377 g/mol. The van der Waals surface area contributed by atoms with E-state index in [0.29, 0.717) is 10.0 Å². The van der Waals surface area contributed by atoms with E-state index in [2.05, 4.69) is 35.7 Å². The first kappa shape index (κ1) is 17.8. The van der Waals surface area contributed by atoms with Gasteiger partial charge in [-0.1, -0.05) is 59.6 Å². The van der Waals surface area contributed by atoms with E-state index in [1.54, 1.807) is 11.3 Å². The molecule has 24 heavy (non-hydrogen) atoms.